The molecule has 33 heavy (non-hydrogen) atoms. The third kappa shape index (κ3) is 4.49. The number of fused-ring (bicyclic) bond motifs is 1. The Morgan fingerprint density at radius 2 is 1.48 bits per heavy atom. The van der Waals surface area contributed by atoms with Crippen LogP contribution in [0.15, 0.2) is 101 Å². The van der Waals surface area contributed by atoms with Crippen LogP contribution in [0.1, 0.15) is 17.0 Å². The van der Waals surface area contributed by atoms with Gasteiger partial charge >= 0.3 is 0 Å². The number of aromatic nitrogens is 1. The Morgan fingerprint density at radius 3 is 2.15 bits per heavy atom. The van der Waals surface area contributed by atoms with E-state index in [1.165, 1.54) is 0 Å². The van der Waals surface area contributed by atoms with Crippen LogP contribution < -0.4 is 5.32 Å². The lowest BCUT2D eigenvalue weighted by Crippen LogP contribution is -2.22. The van der Waals surface area contributed by atoms with Gasteiger partial charge in [-0.1, -0.05) is 83.9 Å². The topological polar surface area (TPSA) is 55.1 Å². The Balaban J connectivity index is 1.46. The predicted octanol–water partition coefficient (Wildman–Crippen LogP) is 7.57. The zero-order chi connectivity index (χ0) is 22.8. The van der Waals surface area contributed by atoms with Gasteiger partial charge in [0.1, 0.15) is 5.52 Å². The van der Waals surface area contributed by atoms with E-state index >= 15 is 0 Å². The fourth-order valence-corrected chi connectivity index (χ4v) is 4.15. The summed E-state index contributed by atoms with van der Waals surface area (Å²) in [5, 5.41) is 4.07. The highest BCUT2D eigenvalue weighted by Gasteiger charge is 2.23. The van der Waals surface area contributed by atoms with Crippen LogP contribution in [0.4, 0.5) is 5.69 Å². The standard InChI is InChI=1S/C27H18Cl2N2O2/c28-19-11-13-22(29)21(15-19)27-31-23-16-20(12-14-24(23)33-27)30-26(32)25(17-7-3-1-4-8-17)18-9-5-2-6-10-18/h1-16,25H,(H,30,32). The maximum Gasteiger partial charge on any atom is 0.236 e. The number of carbonyl (C=O) groups excluding carboxylic acids is 1. The third-order valence-electron chi connectivity index (χ3n) is 5.34. The van der Waals surface area contributed by atoms with Crippen LogP contribution in [-0.2, 0) is 4.79 Å². The number of rotatable bonds is 5. The average molecular weight is 473 g/mol. The van der Waals surface area contributed by atoms with Crippen LogP contribution in [0, 0.1) is 0 Å². The van der Waals surface area contributed by atoms with E-state index < -0.39 is 5.92 Å². The number of nitrogens with one attached hydrogen (secondary N) is 1. The predicted molar refractivity (Wildman–Crippen MR) is 133 cm³/mol. The lowest BCUT2D eigenvalue weighted by molar-refractivity contribution is -0.116. The molecular formula is C27H18Cl2N2O2. The maximum absolute atomic E-state index is 13.4. The number of nitrogens with zero attached hydrogens (tertiary/aromatic N) is 1. The Hall–Kier alpha value is -3.60. The highest BCUT2D eigenvalue weighted by molar-refractivity contribution is 6.35. The van der Waals surface area contributed by atoms with Gasteiger partial charge in [-0.2, -0.15) is 0 Å². The SMILES string of the molecule is O=C(Nc1ccc2oc(-c3cc(Cl)ccc3Cl)nc2c1)C(c1ccccc1)c1ccccc1. The molecule has 0 aliphatic carbocycles. The molecule has 0 unspecified atom stereocenters. The second-order valence-electron chi connectivity index (χ2n) is 7.57. The van der Waals surface area contributed by atoms with Crippen molar-refractivity contribution in [2.24, 2.45) is 0 Å². The fourth-order valence-electron chi connectivity index (χ4n) is 3.78. The Kier molecular flexibility index (Phi) is 5.86. The molecule has 5 aromatic rings. The first-order valence-corrected chi connectivity index (χ1v) is 11.1. The van der Waals surface area contributed by atoms with E-state index in [0.29, 0.717) is 38.3 Å². The number of hydrogen-bond acceptors (Lipinski definition) is 3. The van der Waals surface area contributed by atoms with E-state index in [-0.39, 0.29) is 5.91 Å². The van der Waals surface area contributed by atoms with Crippen molar-refractivity contribution >= 4 is 45.9 Å². The minimum Gasteiger partial charge on any atom is -0.436 e. The molecule has 6 heteroatoms. The van der Waals surface area contributed by atoms with Gasteiger partial charge < -0.3 is 9.73 Å². The number of oxazole rings is 1. The molecule has 1 amide bonds. The molecule has 1 heterocycles. The number of hydrogen-bond donors (Lipinski definition) is 1. The normalized spacial score (nSPS) is 11.1. The van der Waals surface area contributed by atoms with Crippen molar-refractivity contribution in [2.75, 3.05) is 5.32 Å². The van der Waals surface area contributed by atoms with Crippen molar-refractivity contribution in [3.05, 3.63) is 118 Å². The molecule has 1 N–H and O–H groups in total. The van der Waals surface area contributed by atoms with Crippen molar-refractivity contribution in [3.63, 3.8) is 0 Å². The average Bonchev–Trinajstić information content (AvgIpc) is 3.25. The first-order valence-electron chi connectivity index (χ1n) is 10.4. The maximum atomic E-state index is 13.4. The number of anilines is 1. The summed E-state index contributed by atoms with van der Waals surface area (Å²) in [6, 6.07) is 29.9. The molecular weight excluding hydrogens is 455 g/mol. The summed E-state index contributed by atoms with van der Waals surface area (Å²) in [5.74, 6) is -0.206. The number of benzene rings is 4. The van der Waals surface area contributed by atoms with E-state index in [4.69, 9.17) is 27.6 Å². The smallest absolute Gasteiger partial charge is 0.236 e. The molecule has 0 saturated heterocycles. The molecule has 4 aromatic carbocycles. The van der Waals surface area contributed by atoms with Crippen LogP contribution >= 0.6 is 23.2 Å². The van der Waals surface area contributed by atoms with Crippen LogP contribution in [0.2, 0.25) is 10.0 Å². The second-order valence-corrected chi connectivity index (χ2v) is 8.41. The number of carbonyl (C=O) groups is 1. The van der Waals surface area contributed by atoms with E-state index in [1.807, 2.05) is 60.7 Å². The van der Waals surface area contributed by atoms with Crippen LogP contribution in [0.3, 0.4) is 0 Å². The van der Waals surface area contributed by atoms with Crippen LogP contribution in [-0.4, -0.2) is 10.9 Å². The molecule has 0 radical (unpaired) electrons. The van der Waals surface area contributed by atoms with Gasteiger partial charge in [-0.25, -0.2) is 4.98 Å². The summed E-state index contributed by atoms with van der Waals surface area (Å²) in [7, 11) is 0. The first kappa shape index (κ1) is 21.3. The lowest BCUT2D eigenvalue weighted by Gasteiger charge is -2.18. The largest absolute Gasteiger partial charge is 0.436 e. The van der Waals surface area contributed by atoms with E-state index in [2.05, 4.69) is 10.3 Å². The van der Waals surface area contributed by atoms with Gasteiger partial charge in [-0.15, -0.1) is 0 Å². The minimum atomic E-state index is -0.443. The van der Waals surface area contributed by atoms with Gasteiger partial charge in [-0.05, 0) is 47.5 Å². The molecule has 0 atom stereocenters. The zero-order valence-electron chi connectivity index (χ0n) is 17.3. The molecule has 0 bridgehead atoms. The summed E-state index contributed by atoms with van der Waals surface area (Å²) in [5.41, 5.74) is 4.26. The fraction of sp³-hybridized carbons (Fsp3) is 0.0370. The van der Waals surface area contributed by atoms with Gasteiger partial charge in [-0.3, -0.25) is 4.79 Å². The lowest BCUT2D eigenvalue weighted by atomic mass is 9.90. The molecule has 0 aliphatic heterocycles. The molecule has 0 aliphatic rings. The van der Waals surface area contributed by atoms with E-state index in [9.17, 15) is 4.79 Å². The Labute approximate surface area is 200 Å². The molecule has 0 spiro atoms. The first-order chi connectivity index (χ1) is 16.1. The van der Waals surface area contributed by atoms with Crippen molar-refractivity contribution in [3.8, 4) is 11.5 Å². The van der Waals surface area contributed by atoms with Gasteiger partial charge in [0.25, 0.3) is 0 Å². The second kappa shape index (κ2) is 9.10. The van der Waals surface area contributed by atoms with Crippen molar-refractivity contribution in [2.45, 2.75) is 5.92 Å². The summed E-state index contributed by atoms with van der Waals surface area (Å²) in [6.45, 7) is 0. The molecule has 162 valence electrons. The molecule has 0 saturated carbocycles. The Bertz CT molecular complexity index is 1390. The highest BCUT2D eigenvalue weighted by Crippen LogP contribution is 2.33. The third-order valence-corrected chi connectivity index (χ3v) is 5.91. The highest BCUT2D eigenvalue weighted by atomic mass is 35.5. The number of amides is 1. The molecule has 1 aromatic heterocycles. The van der Waals surface area contributed by atoms with Gasteiger partial charge in [0.15, 0.2) is 5.58 Å². The summed E-state index contributed by atoms with van der Waals surface area (Å²) < 4.78 is 5.87. The van der Waals surface area contributed by atoms with Gasteiger partial charge in [0, 0.05) is 10.7 Å². The monoisotopic (exact) mass is 472 g/mol. The summed E-state index contributed by atoms with van der Waals surface area (Å²) >= 11 is 12.4. The molecule has 0 fully saturated rings. The molecule has 4 nitrogen and oxygen atoms in total. The van der Waals surface area contributed by atoms with Crippen LogP contribution in [0.5, 0.6) is 0 Å². The summed E-state index contributed by atoms with van der Waals surface area (Å²) in [4.78, 5) is 17.9. The van der Waals surface area contributed by atoms with Gasteiger partial charge in [0.2, 0.25) is 11.8 Å². The van der Waals surface area contributed by atoms with Crippen molar-refractivity contribution in [1.29, 1.82) is 0 Å². The van der Waals surface area contributed by atoms with Gasteiger partial charge in [0.05, 0.1) is 16.5 Å². The Morgan fingerprint density at radius 1 is 0.818 bits per heavy atom. The summed E-state index contributed by atoms with van der Waals surface area (Å²) in [6.07, 6.45) is 0. The van der Waals surface area contributed by atoms with Crippen molar-refractivity contribution in [1.82, 2.24) is 4.98 Å². The van der Waals surface area contributed by atoms with E-state index in [1.54, 1.807) is 36.4 Å². The van der Waals surface area contributed by atoms with E-state index in [0.717, 1.165) is 11.1 Å². The van der Waals surface area contributed by atoms with Crippen molar-refractivity contribution < 1.29 is 9.21 Å². The minimum absolute atomic E-state index is 0.131. The zero-order valence-corrected chi connectivity index (χ0v) is 18.8. The quantitative estimate of drug-likeness (QED) is 0.286. The molecule has 5 rings (SSSR count). The number of halogens is 2. The van der Waals surface area contributed by atoms with Crippen LogP contribution in [0.25, 0.3) is 22.6 Å².